The monoisotopic (exact) mass is 382 g/mol. The Kier molecular flexibility index (Phi) is 4.39. The van der Waals surface area contributed by atoms with Crippen LogP contribution in [0, 0.1) is 5.82 Å². The minimum absolute atomic E-state index is 0.101. The molecular formula is C20H19FN4OS. The zero-order valence-electron chi connectivity index (χ0n) is 15.3. The predicted octanol–water partition coefficient (Wildman–Crippen LogP) is 4.87. The molecule has 2 aromatic heterocycles. The van der Waals surface area contributed by atoms with Crippen LogP contribution >= 0.6 is 11.3 Å². The summed E-state index contributed by atoms with van der Waals surface area (Å²) in [7, 11) is 0. The van der Waals surface area contributed by atoms with E-state index in [2.05, 4.69) is 48.2 Å². The lowest BCUT2D eigenvalue weighted by Gasteiger charge is -2.18. The quantitative estimate of drug-likeness (QED) is 0.505. The van der Waals surface area contributed by atoms with E-state index in [0.717, 1.165) is 10.6 Å². The number of hydrogen-bond acceptors (Lipinski definition) is 5. The van der Waals surface area contributed by atoms with Crippen molar-refractivity contribution >= 4 is 16.3 Å². The van der Waals surface area contributed by atoms with Gasteiger partial charge in [-0.1, -0.05) is 56.4 Å². The number of benzene rings is 2. The van der Waals surface area contributed by atoms with Crippen LogP contribution in [0.2, 0.25) is 0 Å². The predicted molar refractivity (Wildman–Crippen MR) is 104 cm³/mol. The molecule has 4 rings (SSSR count). The van der Waals surface area contributed by atoms with E-state index in [1.54, 1.807) is 16.6 Å². The number of nitrogens with zero attached hydrogens (tertiary/aromatic N) is 4. The number of halogens is 1. The van der Waals surface area contributed by atoms with Crippen LogP contribution in [0.4, 0.5) is 4.39 Å². The third-order valence-electron chi connectivity index (χ3n) is 4.22. The number of ether oxygens (including phenoxy) is 1. The highest BCUT2D eigenvalue weighted by Crippen LogP contribution is 2.27. The lowest BCUT2D eigenvalue weighted by Crippen LogP contribution is -2.10. The van der Waals surface area contributed by atoms with E-state index in [-0.39, 0.29) is 11.2 Å². The molecule has 5 nitrogen and oxygen atoms in total. The van der Waals surface area contributed by atoms with Crippen LogP contribution in [0.25, 0.3) is 16.3 Å². The van der Waals surface area contributed by atoms with Gasteiger partial charge in [-0.25, -0.2) is 4.39 Å². The van der Waals surface area contributed by atoms with Gasteiger partial charge in [0.1, 0.15) is 18.2 Å². The normalized spacial score (nSPS) is 11.9. The summed E-state index contributed by atoms with van der Waals surface area (Å²) in [5.74, 6) is 1.01. The minimum atomic E-state index is -0.289. The first kappa shape index (κ1) is 17.6. The second-order valence-electron chi connectivity index (χ2n) is 7.28. The second-order valence-corrected chi connectivity index (χ2v) is 8.32. The molecule has 0 N–H and O–H groups in total. The van der Waals surface area contributed by atoms with Gasteiger partial charge in [-0.2, -0.15) is 9.61 Å². The molecule has 0 fully saturated rings. The topological polar surface area (TPSA) is 52.3 Å². The molecule has 0 saturated carbocycles. The van der Waals surface area contributed by atoms with Gasteiger partial charge in [0.25, 0.3) is 0 Å². The maximum atomic E-state index is 13.0. The van der Waals surface area contributed by atoms with Gasteiger partial charge in [0, 0.05) is 5.56 Å². The van der Waals surface area contributed by atoms with Crippen molar-refractivity contribution in [3.63, 3.8) is 0 Å². The maximum Gasteiger partial charge on any atom is 0.235 e. The Labute approximate surface area is 160 Å². The summed E-state index contributed by atoms with van der Waals surface area (Å²) in [5.41, 5.74) is 2.33. The number of fused-ring (bicyclic) bond motifs is 1. The Morgan fingerprint density at radius 3 is 2.37 bits per heavy atom. The van der Waals surface area contributed by atoms with Crippen LogP contribution in [0.15, 0.2) is 48.5 Å². The third-order valence-corrected chi connectivity index (χ3v) is 5.09. The zero-order valence-corrected chi connectivity index (χ0v) is 16.1. The standard InChI is InChI=1S/C20H19FN4OS/c1-20(2,3)14-6-4-13(5-7-14)18-22-23-19-25(18)24-17(27-19)12-26-16-10-8-15(21)9-11-16/h4-11H,12H2,1-3H3. The molecule has 27 heavy (non-hydrogen) atoms. The van der Waals surface area contributed by atoms with Crippen molar-refractivity contribution in [2.45, 2.75) is 32.8 Å². The van der Waals surface area contributed by atoms with Gasteiger partial charge in [0.05, 0.1) is 0 Å². The molecule has 0 aliphatic carbocycles. The van der Waals surface area contributed by atoms with Crippen LogP contribution in [0.1, 0.15) is 31.3 Å². The number of aromatic nitrogens is 4. The van der Waals surface area contributed by atoms with Gasteiger partial charge in [-0.3, -0.25) is 0 Å². The molecular weight excluding hydrogens is 363 g/mol. The molecule has 0 radical (unpaired) electrons. The summed E-state index contributed by atoms with van der Waals surface area (Å²) in [5, 5.41) is 13.8. The largest absolute Gasteiger partial charge is 0.486 e. The maximum absolute atomic E-state index is 13.0. The highest BCUT2D eigenvalue weighted by atomic mass is 32.1. The number of rotatable bonds is 4. The van der Waals surface area contributed by atoms with Gasteiger partial charge in [0.2, 0.25) is 4.96 Å². The van der Waals surface area contributed by atoms with Crippen molar-refractivity contribution in [2.75, 3.05) is 0 Å². The van der Waals surface area contributed by atoms with Crippen molar-refractivity contribution in [1.29, 1.82) is 0 Å². The summed E-state index contributed by atoms with van der Waals surface area (Å²) >= 11 is 1.42. The summed E-state index contributed by atoms with van der Waals surface area (Å²) in [6, 6.07) is 14.2. The zero-order chi connectivity index (χ0) is 19.0. The van der Waals surface area contributed by atoms with Gasteiger partial charge in [0.15, 0.2) is 10.8 Å². The van der Waals surface area contributed by atoms with E-state index < -0.39 is 0 Å². The molecule has 0 spiro atoms. The average molecular weight is 382 g/mol. The molecule has 2 heterocycles. The first-order chi connectivity index (χ1) is 12.9. The van der Waals surface area contributed by atoms with E-state index in [4.69, 9.17) is 4.74 Å². The molecule has 2 aromatic carbocycles. The lowest BCUT2D eigenvalue weighted by atomic mass is 9.87. The molecule has 0 aliphatic rings. The molecule has 138 valence electrons. The first-order valence-corrected chi connectivity index (χ1v) is 9.42. The van der Waals surface area contributed by atoms with Crippen molar-refractivity contribution in [2.24, 2.45) is 0 Å². The molecule has 0 aliphatic heterocycles. The molecule has 0 atom stereocenters. The molecule has 0 bridgehead atoms. The fourth-order valence-corrected chi connectivity index (χ4v) is 3.44. The smallest absolute Gasteiger partial charge is 0.235 e. The Morgan fingerprint density at radius 2 is 1.70 bits per heavy atom. The van der Waals surface area contributed by atoms with Crippen LogP contribution in [-0.4, -0.2) is 19.8 Å². The van der Waals surface area contributed by atoms with E-state index in [9.17, 15) is 4.39 Å². The van der Waals surface area contributed by atoms with E-state index in [0.29, 0.717) is 23.1 Å². The van der Waals surface area contributed by atoms with Crippen molar-refractivity contribution in [3.05, 3.63) is 64.9 Å². The average Bonchev–Trinajstić information content (AvgIpc) is 3.21. The van der Waals surface area contributed by atoms with Gasteiger partial charge in [-0.05, 0) is 35.2 Å². The van der Waals surface area contributed by atoms with Crippen molar-refractivity contribution in [1.82, 2.24) is 19.8 Å². The lowest BCUT2D eigenvalue weighted by molar-refractivity contribution is 0.303. The summed E-state index contributed by atoms with van der Waals surface area (Å²) < 4.78 is 20.4. The Bertz CT molecular complexity index is 1060. The Hall–Kier alpha value is -2.80. The van der Waals surface area contributed by atoms with Crippen molar-refractivity contribution < 1.29 is 9.13 Å². The van der Waals surface area contributed by atoms with Crippen LogP contribution < -0.4 is 4.74 Å². The van der Waals surface area contributed by atoms with Crippen LogP contribution in [0.3, 0.4) is 0 Å². The molecule has 0 unspecified atom stereocenters. The SMILES string of the molecule is CC(C)(C)c1ccc(-c2nnc3sc(COc4ccc(F)cc4)nn23)cc1. The van der Waals surface area contributed by atoms with Gasteiger partial charge in [-0.15, -0.1) is 10.2 Å². The number of hydrogen-bond donors (Lipinski definition) is 0. The molecule has 0 saturated heterocycles. The fourth-order valence-electron chi connectivity index (χ4n) is 2.69. The van der Waals surface area contributed by atoms with Crippen LogP contribution in [-0.2, 0) is 12.0 Å². The highest BCUT2D eigenvalue weighted by Gasteiger charge is 2.16. The van der Waals surface area contributed by atoms with E-state index in [1.807, 2.05) is 12.1 Å². The minimum Gasteiger partial charge on any atom is -0.486 e. The highest BCUT2D eigenvalue weighted by molar-refractivity contribution is 7.16. The summed E-state index contributed by atoms with van der Waals surface area (Å²) in [4.78, 5) is 0.711. The summed E-state index contributed by atoms with van der Waals surface area (Å²) in [6.07, 6.45) is 0. The van der Waals surface area contributed by atoms with Gasteiger partial charge >= 0.3 is 0 Å². The molecule has 7 heteroatoms. The second kappa shape index (κ2) is 6.74. The third kappa shape index (κ3) is 3.68. The van der Waals surface area contributed by atoms with E-state index in [1.165, 1.54) is 29.0 Å². The van der Waals surface area contributed by atoms with Crippen LogP contribution in [0.5, 0.6) is 5.75 Å². The Balaban J connectivity index is 1.56. The fraction of sp³-hybridized carbons (Fsp3) is 0.250. The van der Waals surface area contributed by atoms with Gasteiger partial charge < -0.3 is 4.74 Å². The van der Waals surface area contributed by atoms with E-state index >= 15 is 0 Å². The molecule has 0 amide bonds. The molecule has 4 aromatic rings. The first-order valence-electron chi connectivity index (χ1n) is 8.60. The van der Waals surface area contributed by atoms with Crippen molar-refractivity contribution in [3.8, 4) is 17.1 Å². The summed E-state index contributed by atoms with van der Waals surface area (Å²) in [6.45, 7) is 6.85. The Morgan fingerprint density at radius 1 is 1.00 bits per heavy atom.